The lowest BCUT2D eigenvalue weighted by molar-refractivity contribution is 0.751. The van der Waals surface area contributed by atoms with Crippen molar-refractivity contribution < 1.29 is 0 Å². The van der Waals surface area contributed by atoms with E-state index in [1.807, 2.05) is 19.2 Å². The van der Waals surface area contributed by atoms with Gasteiger partial charge in [0.05, 0.1) is 5.25 Å². The van der Waals surface area contributed by atoms with Crippen LogP contribution in [0.1, 0.15) is 54.0 Å². The van der Waals surface area contributed by atoms with Crippen molar-refractivity contribution >= 4 is 29.1 Å². The lowest BCUT2D eigenvalue weighted by Gasteiger charge is -2.21. The van der Waals surface area contributed by atoms with Crippen LogP contribution in [-0.2, 0) is 6.42 Å². The number of rotatable bonds is 8. The van der Waals surface area contributed by atoms with E-state index in [1.165, 1.54) is 28.1 Å². The summed E-state index contributed by atoms with van der Waals surface area (Å²) in [6, 6.07) is 16.9. The zero-order chi connectivity index (χ0) is 22.5. The minimum absolute atomic E-state index is 0.0953. The Labute approximate surface area is 199 Å². The molecule has 4 rings (SSSR count). The zero-order valence-electron chi connectivity index (χ0n) is 18.8. The summed E-state index contributed by atoms with van der Waals surface area (Å²) in [5.41, 5.74) is 6.20. The van der Waals surface area contributed by atoms with E-state index >= 15 is 0 Å². The van der Waals surface area contributed by atoms with E-state index in [4.69, 9.17) is 11.6 Å². The van der Waals surface area contributed by atoms with Gasteiger partial charge in [0.25, 0.3) is 0 Å². The first-order chi connectivity index (χ1) is 15.6. The molecule has 1 atom stereocenters. The molecule has 0 saturated carbocycles. The summed E-state index contributed by atoms with van der Waals surface area (Å²) in [7, 11) is 1.98. The van der Waals surface area contributed by atoms with Crippen molar-refractivity contribution in [1.82, 2.24) is 20.1 Å². The maximum absolute atomic E-state index is 6.18. The maximum atomic E-state index is 6.18. The second kappa shape index (κ2) is 10.4. The first kappa shape index (κ1) is 22.7. The number of halogens is 1. The average molecular weight is 465 g/mol. The van der Waals surface area contributed by atoms with Gasteiger partial charge in [0.15, 0.2) is 5.16 Å². The summed E-state index contributed by atoms with van der Waals surface area (Å²) in [5, 5.41) is 14.3. The molecule has 1 aliphatic rings. The number of hydrogen-bond donors (Lipinski definition) is 1. The van der Waals surface area contributed by atoms with Crippen molar-refractivity contribution in [1.29, 1.82) is 0 Å². The number of benzene rings is 2. The third kappa shape index (κ3) is 5.11. The Balaban J connectivity index is 1.75. The maximum Gasteiger partial charge on any atom is 0.196 e. The summed E-state index contributed by atoms with van der Waals surface area (Å²) >= 11 is 7.93. The Morgan fingerprint density at radius 2 is 1.69 bits per heavy atom. The molecule has 166 valence electrons. The highest BCUT2D eigenvalue weighted by atomic mass is 35.5. The van der Waals surface area contributed by atoms with Crippen LogP contribution >= 0.6 is 23.4 Å². The molecule has 3 aromatic rings. The second-order valence-electron chi connectivity index (χ2n) is 8.04. The average Bonchev–Trinajstić information content (AvgIpc) is 3.21. The van der Waals surface area contributed by atoms with E-state index in [0.29, 0.717) is 0 Å². The van der Waals surface area contributed by atoms with Gasteiger partial charge >= 0.3 is 0 Å². The summed E-state index contributed by atoms with van der Waals surface area (Å²) in [6.07, 6.45) is 8.26. The molecule has 1 aliphatic carbocycles. The smallest absolute Gasteiger partial charge is 0.196 e. The highest BCUT2D eigenvalue weighted by molar-refractivity contribution is 7.99. The molecule has 0 radical (unpaired) electrons. The molecule has 0 saturated heterocycles. The molecular weight excluding hydrogens is 436 g/mol. The van der Waals surface area contributed by atoms with E-state index in [2.05, 4.69) is 82.5 Å². The van der Waals surface area contributed by atoms with Crippen LogP contribution < -0.4 is 5.32 Å². The van der Waals surface area contributed by atoms with E-state index in [-0.39, 0.29) is 5.25 Å². The fourth-order valence-electron chi connectivity index (χ4n) is 3.88. The van der Waals surface area contributed by atoms with Crippen molar-refractivity contribution in [3.8, 4) is 0 Å². The number of aryl methyl sites for hydroxylation is 2. The zero-order valence-corrected chi connectivity index (χ0v) is 20.4. The van der Waals surface area contributed by atoms with Crippen molar-refractivity contribution in [2.45, 2.75) is 49.9 Å². The number of aromatic nitrogens is 3. The highest BCUT2D eigenvalue weighted by Gasteiger charge is 2.23. The summed E-state index contributed by atoms with van der Waals surface area (Å²) in [5.74, 6) is 1.03. The second-order valence-corrected chi connectivity index (χ2v) is 9.55. The van der Waals surface area contributed by atoms with E-state index in [9.17, 15) is 0 Å². The Morgan fingerprint density at radius 3 is 2.28 bits per heavy atom. The van der Waals surface area contributed by atoms with Gasteiger partial charge in [-0.3, -0.25) is 4.57 Å². The van der Waals surface area contributed by atoms with Crippen LogP contribution in [0.3, 0.4) is 0 Å². The highest BCUT2D eigenvalue weighted by Crippen LogP contribution is 2.41. The molecule has 4 nitrogen and oxygen atoms in total. The van der Waals surface area contributed by atoms with E-state index in [0.717, 1.165) is 41.7 Å². The Morgan fingerprint density at radius 1 is 1.00 bits per heavy atom. The lowest BCUT2D eigenvalue weighted by atomic mass is 10.0. The normalized spacial score (nSPS) is 14.6. The van der Waals surface area contributed by atoms with Crippen molar-refractivity contribution in [3.63, 3.8) is 0 Å². The van der Waals surface area contributed by atoms with E-state index < -0.39 is 0 Å². The molecule has 1 N–H and O–H groups in total. The van der Waals surface area contributed by atoms with Gasteiger partial charge in [-0.2, -0.15) is 0 Å². The monoisotopic (exact) mass is 464 g/mol. The van der Waals surface area contributed by atoms with Gasteiger partial charge in [-0.15, -0.1) is 10.2 Å². The predicted molar refractivity (Wildman–Crippen MR) is 135 cm³/mol. The SMILES string of the molecule is CCCc1nnc(SC(c2ccc(C)cc2)c2ccc(Cl)cc2)n1C1=CC=C(NC)CC1. The van der Waals surface area contributed by atoms with Gasteiger partial charge in [-0.1, -0.05) is 72.2 Å². The number of allylic oxidation sites excluding steroid dienone is 4. The van der Waals surface area contributed by atoms with E-state index in [1.54, 1.807) is 11.8 Å². The molecule has 2 aromatic carbocycles. The van der Waals surface area contributed by atoms with Crippen LogP contribution in [0.4, 0.5) is 0 Å². The van der Waals surface area contributed by atoms with Crippen LogP contribution in [0.2, 0.25) is 5.02 Å². The van der Waals surface area contributed by atoms with Crippen molar-refractivity contribution in [3.05, 3.63) is 93.9 Å². The number of hydrogen-bond acceptors (Lipinski definition) is 4. The van der Waals surface area contributed by atoms with Crippen LogP contribution in [0.5, 0.6) is 0 Å². The standard InChI is InChI=1S/C26H29ClN4S/c1-4-5-24-29-30-26(31(24)23-16-14-22(28-3)15-17-23)32-25(19-8-6-18(2)7-9-19)20-10-12-21(27)13-11-20/h6-14,16,25,28H,4-5,15,17H2,1-3H3. The Hall–Kier alpha value is -2.50. The third-order valence-corrected chi connectivity index (χ3v) is 7.19. The van der Waals surface area contributed by atoms with Gasteiger partial charge in [0.1, 0.15) is 5.82 Å². The molecule has 6 heteroatoms. The molecule has 32 heavy (non-hydrogen) atoms. The molecule has 0 fully saturated rings. The molecule has 1 heterocycles. The van der Waals surface area contributed by atoms with Gasteiger partial charge in [0, 0.05) is 29.9 Å². The largest absolute Gasteiger partial charge is 0.391 e. The summed E-state index contributed by atoms with van der Waals surface area (Å²) < 4.78 is 2.27. The van der Waals surface area contributed by atoms with Crippen molar-refractivity contribution in [2.75, 3.05) is 7.05 Å². The van der Waals surface area contributed by atoms with Crippen LogP contribution in [0.25, 0.3) is 5.70 Å². The fourth-order valence-corrected chi connectivity index (χ4v) is 5.22. The molecular formula is C26H29ClN4S. The minimum atomic E-state index is 0.0953. The molecule has 0 spiro atoms. The Kier molecular flexibility index (Phi) is 7.38. The van der Waals surface area contributed by atoms with Crippen LogP contribution in [0.15, 0.2) is 71.5 Å². The van der Waals surface area contributed by atoms with Crippen LogP contribution in [0, 0.1) is 6.92 Å². The molecule has 0 amide bonds. The van der Waals surface area contributed by atoms with Gasteiger partial charge < -0.3 is 5.32 Å². The topological polar surface area (TPSA) is 42.7 Å². The first-order valence-electron chi connectivity index (χ1n) is 11.1. The molecule has 0 bridgehead atoms. The quantitative estimate of drug-likeness (QED) is 0.372. The predicted octanol–water partition coefficient (Wildman–Crippen LogP) is 6.81. The molecule has 0 aliphatic heterocycles. The fraction of sp³-hybridized carbons (Fsp3) is 0.308. The van der Waals surface area contributed by atoms with Gasteiger partial charge in [0.2, 0.25) is 0 Å². The first-order valence-corrected chi connectivity index (χ1v) is 12.4. The molecule has 1 aromatic heterocycles. The van der Waals surface area contributed by atoms with Crippen LogP contribution in [-0.4, -0.2) is 21.8 Å². The number of nitrogens with zero attached hydrogens (tertiary/aromatic N) is 3. The lowest BCUT2D eigenvalue weighted by Crippen LogP contribution is -2.12. The minimum Gasteiger partial charge on any atom is -0.391 e. The van der Waals surface area contributed by atoms with Crippen molar-refractivity contribution in [2.24, 2.45) is 0 Å². The van der Waals surface area contributed by atoms with Gasteiger partial charge in [-0.05, 0) is 61.6 Å². The summed E-state index contributed by atoms with van der Waals surface area (Å²) in [6.45, 7) is 4.30. The molecule has 1 unspecified atom stereocenters. The van der Waals surface area contributed by atoms with Gasteiger partial charge in [-0.25, -0.2) is 0 Å². The Bertz CT molecular complexity index is 1070. The summed E-state index contributed by atoms with van der Waals surface area (Å²) in [4.78, 5) is 0. The third-order valence-electron chi connectivity index (χ3n) is 5.69. The number of nitrogens with one attached hydrogen (secondary N) is 1. The number of thioether (sulfide) groups is 1.